The zero-order valence-electron chi connectivity index (χ0n) is 8.73. The predicted octanol–water partition coefficient (Wildman–Crippen LogP) is 3.09. The third-order valence-electron chi connectivity index (χ3n) is 2.10. The summed E-state index contributed by atoms with van der Waals surface area (Å²) in [6.45, 7) is 0. The van der Waals surface area contributed by atoms with Crippen LogP contribution in [0.5, 0.6) is 0 Å². The van der Waals surface area contributed by atoms with E-state index in [-0.39, 0.29) is 5.69 Å². The first-order valence-electron chi connectivity index (χ1n) is 4.77. The van der Waals surface area contributed by atoms with Gasteiger partial charge in [0.1, 0.15) is 21.4 Å². The fourth-order valence-electron chi connectivity index (χ4n) is 1.30. The zero-order valence-corrected chi connectivity index (χ0v) is 11.2. The molecular formula is C10H5N3O2S3. The molecule has 5 nitrogen and oxygen atoms in total. The lowest BCUT2D eigenvalue weighted by Gasteiger charge is -1.88. The topological polar surface area (TPSA) is 76.0 Å². The highest BCUT2D eigenvalue weighted by atomic mass is 32.1. The fourth-order valence-corrected chi connectivity index (χ4v) is 3.51. The van der Waals surface area contributed by atoms with Crippen LogP contribution in [0.15, 0.2) is 21.7 Å². The maximum absolute atomic E-state index is 10.8. The van der Waals surface area contributed by atoms with Crippen molar-refractivity contribution in [2.75, 3.05) is 0 Å². The Morgan fingerprint density at radius 2 is 1.83 bits per heavy atom. The standard InChI is InChI=1S/C10H5N3O2S3/c14-10(15)7-3-18-9(13-7)6-2-17-8(12-6)5-1-16-4-11-5/h1-4H,(H,14,15). The molecule has 0 saturated heterocycles. The number of thiazole rings is 3. The first kappa shape index (κ1) is 11.5. The Kier molecular flexibility index (Phi) is 2.90. The van der Waals surface area contributed by atoms with Gasteiger partial charge in [0.15, 0.2) is 5.69 Å². The number of hydrogen-bond donors (Lipinski definition) is 1. The second-order valence-electron chi connectivity index (χ2n) is 3.25. The van der Waals surface area contributed by atoms with Gasteiger partial charge in [-0.1, -0.05) is 0 Å². The molecule has 90 valence electrons. The van der Waals surface area contributed by atoms with Crippen LogP contribution in [-0.2, 0) is 0 Å². The lowest BCUT2D eigenvalue weighted by Crippen LogP contribution is -1.95. The third-order valence-corrected chi connectivity index (χ3v) is 4.41. The van der Waals surface area contributed by atoms with E-state index in [4.69, 9.17) is 5.11 Å². The Morgan fingerprint density at radius 1 is 1.06 bits per heavy atom. The van der Waals surface area contributed by atoms with Crippen LogP contribution in [0.3, 0.4) is 0 Å². The Labute approximate surface area is 113 Å². The molecule has 8 heteroatoms. The molecule has 0 radical (unpaired) electrons. The normalized spacial score (nSPS) is 10.7. The van der Waals surface area contributed by atoms with E-state index in [0.29, 0.717) is 10.7 Å². The summed E-state index contributed by atoms with van der Waals surface area (Å²) in [5.41, 5.74) is 3.34. The van der Waals surface area contributed by atoms with Crippen LogP contribution in [0.4, 0.5) is 0 Å². The number of nitrogens with zero attached hydrogens (tertiary/aromatic N) is 3. The van der Waals surface area contributed by atoms with Crippen LogP contribution in [0.25, 0.3) is 21.4 Å². The van der Waals surface area contributed by atoms with Gasteiger partial charge in [0.25, 0.3) is 0 Å². The molecule has 0 bridgehead atoms. The fraction of sp³-hybridized carbons (Fsp3) is 0. The summed E-state index contributed by atoms with van der Waals surface area (Å²) in [5, 5.41) is 15.5. The van der Waals surface area contributed by atoms with Crippen molar-refractivity contribution < 1.29 is 9.90 Å². The molecule has 0 aromatic carbocycles. The largest absolute Gasteiger partial charge is 0.476 e. The number of hydrogen-bond acceptors (Lipinski definition) is 7. The minimum atomic E-state index is -1.02. The molecule has 3 aromatic rings. The van der Waals surface area contributed by atoms with Gasteiger partial charge in [0.2, 0.25) is 0 Å². The van der Waals surface area contributed by atoms with E-state index in [9.17, 15) is 4.79 Å². The van der Waals surface area contributed by atoms with Crippen molar-refractivity contribution in [3.63, 3.8) is 0 Å². The molecule has 3 aromatic heterocycles. The number of carboxylic acid groups (broad SMARTS) is 1. The number of carbonyl (C=O) groups is 1. The maximum Gasteiger partial charge on any atom is 0.355 e. The summed E-state index contributed by atoms with van der Waals surface area (Å²) < 4.78 is 0. The monoisotopic (exact) mass is 295 g/mol. The SMILES string of the molecule is O=C(O)c1csc(-c2csc(-c3cscn3)n2)n1. The molecule has 0 fully saturated rings. The van der Waals surface area contributed by atoms with Crippen LogP contribution in [-0.4, -0.2) is 26.0 Å². The molecule has 0 spiro atoms. The lowest BCUT2D eigenvalue weighted by atomic mass is 10.4. The molecule has 0 atom stereocenters. The molecule has 0 amide bonds. The molecule has 0 aliphatic carbocycles. The second kappa shape index (κ2) is 4.56. The van der Waals surface area contributed by atoms with Gasteiger partial charge >= 0.3 is 5.97 Å². The summed E-state index contributed by atoms with van der Waals surface area (Å²) in [6, 6.07) is 0. The van der Waals surface area contributed by atoms with Crippen molar-refractivity contribution in [2.45, 2.75) is 0 Å². The van der Waals surface area contributed by atoms with Gasteiger partial charge in [0, 0.05) is 16.1 Å². The van der Waals surface area contributed by atoms with E-state index in [2.05, 4.69) is 15.0 Å². The molecule has 1 N–H and O–H groups in total. The van der Waals surface area contributed by atoms with E-state index in [0.717, 1.165) is 10.7 Å². The minimum absolute atomic E-state index is 0.0539. The van der Waals surface area contributed by atoms with E-state index < -0.39 is 5.97 Å². The highest BCUT2D eigenvalue weighted by Crippen LogP contribution is 2.30. The average molecular weight is 295 g/mol. The smallest absolute Gasteiger partial charge is 0.355 e. The van der Waals surface area contributed by atoms with E-state index in [1.54, 1.807) is 5.51 Å². The Morgan fingerprint density at radius 3 is 2.50 bits per heavy atom. The number of carboxylic acids is 1. The maximum atomic E-state index is 10.8. The van der Waals surface area contributed by atoms with Crippen LogP contribution in [0, 0.1) is 0 Å². The van der Waals surface area contributed by atoms with Crippen LogP contribution in [0.2, 0.25) is 0 Å². The molecule has 0 aliphatic heterocycles. The quantitative estimate of drug-likeness (QED) is 0.803. The Bertz CT molecular complexity index is 687. The van der Waals surface area contributed by atoms with Crippen molar-refractivity contribution >= 4 is 40.0 Å². The number of aromatic carboxylic acids is 1. The highest BCUT2D eigenvalue weighted by molar-refractivity contribution is 7.15. The van der Waals surface area contributed by atoms with Crippen molar-refractivity contribution in [3.05, 3.63) is 27.3 Å². The first-order valence-corrected chi connectivity index (χ1v) is 7.47. The highest BCUT2D eigenvalue weighted by Gasteiger charge is 2.13. The van der Waals surface area contributed by atoms with Gasteiger partial charge in [-0.25, -0.2) is 19.7 Å². The summed E-state index contributed by atoms with van der Waals surface area (Å²) in [4.78, 5) is 23.4. The van der Waals surface area contributed by atoms with Gasteiger partial charge in [-0.3, -0.25) is 0 Å². The summed E-state index contributed by atoms with van der Waals surface area (Å²) in [5.74, 6) is -1.02. The van der Waals surface area contributed by atoms with Crippen LogP contribution in [0.1, 0.15) is 10.5 Å². The summed E-state index contributed by atoms with van der Waals surface area (Å²) >= 11 is 4.26. The number of aromatic nitrogens is 3. The Hall–Kier alpha value is -1.64. The Balaban J connectivity index is 1.95. The van der Waals surface area contributed by atoms with Gasteiger partial charge in [-0.15, -0.1) is 34.0 Å². The van der Waals surface area contributed by atoms with Crippen molar-refractivity contribution in [2.24, 2.45) is 0 Å². The second-order valence-corrected chi connectivity index (χ2v) is 5.69. The van der Waals surface area contributed by atoms with Gasteiger partial charge < -0.3 is 5.11 Å². The van der Waals surface area contributed by atoms with E-state index in [1.165, 1.54) is 39.4 Å². The molecule has 0 aliphatic rings. The molecule has 0 unspecified atom stereocenters. The number of rotatable bonds is 3. The molecule has 3 heterocycles. The lowest BCUT2D eigenvalue weighted by molar-refractivity contribution is 0.0691. The molecular weight excluding hydrogens is 290 g/mol. The minimum Gasteiger partial charge on any atom is -0.476 e. The molecule has 0 saturated carbocycles. The van der Waals surface area contributed by atoms with Gasteiger partial charge in [0.05, 0.1) is 5.51 Å². The van der Waals surface area contributed by atoms with Gasteiger partial charge in [-0.2, -0.15) is 0 Å². The molecule has 3 rings (SSSR count). The summed E-state index contributed by atoms with van der Waals surface area (Å²) in [7, 11) is 0. The summed E-state index contributed by atoms with van der Waals surface area (Å²) in [6.07, 6.45) is 0. The zero-order chi connectivity index (χ0) is 12.5. The third kappa shape index (κ3) is 2.05. The van der Waals surface area contributed by atoms with E-state index in [1.807, 2.05) is 10.8 Å². The predicted molar refractivity (Wildman–Crippen MR) is 71.3 cm³/mol. The average Bonchev–Trinajstić information content (AvgIpc) is 3.10. The first-order chi connectivity index (χ1) is 8.74. The van der Waals surface area contributed by atoms with Crippen molar-refractivity contribution in [1.29, 1.82) is 0 Å². The van der Waals surface area contributed by atoms with Crippen molar-refractivity contribution in [3.8, 4) is 21.4 Å². The molecule has 18 heavy (non-hydrogen) atoms. The van der Waals surface area contributed by atoms with Crippen LogP contribution >= 0.6 is 34.0 Å². The van der Waals surface area contributed by atoms with Gasteiger partial charge in [-0.05, 0) is 0 Å². The van der Waals surface area contributed by atoms with Crippen LogP contribution < -0.4 is 0 Å². The van der Waals surface area contributed by atoms with Crippen molar-refractivity contribution in [1.82, 2.24) is 15.0 Å². The van der Waals surface area contributed by atoms with E-state index >= 15 is 0 Å².